The summed E-state index contributed by atoms with van der Waals surface area (Å²) < 4.78 is 7.11. The van der Waals surface area contributed by atoms with E-state index in [1.54, 1.807) is 5.57 Å². The predicted molar refractivity (Wildman–Crippen MR) is 121 cm³/mol. The molecule has 30 heavy (non-hydrogen) atoms. The molecule has 0 aromatic rings. The van der Waals surface area contributed by atoms with E-state index >= 15 is 0 Å². The normalized spacial score (nSPS) is 59.8. The van der Waals surface area contributed by atoms with E-state index in [9.17, 15) is 5.11 Å². The summed E-state index contributed by atoms with van der Waals surface area (Å²) in [6.07, 6.45) is 16.9. The second kappa shape index (κ2) is 6.60. The second-order valence-electron chi connectivity index (χ2n) is 13.2. The van der Waals surface area contributed by atoms with Crippen LogP contribution in [0.1, 0.15) is 98.3 Å². The quantitative estimate of drug-likeness (QED) is 0.459. The van der Waals surface area contributed by atoms with Crippen LogP contribution in [-0.4, -0.2) is 22.9 Å². The van der Waals surface area contributed by atoms with Gasteiger partial charge in [0.15, 0.2) is 0 Å². The average molecular weight is 413 g/mol. The predicted octanol–water partition coefficient (Wildman–Crippen LogP) is 6.52. The minimum atomic E-state index is -0.0933. The molecular formula is C28H44O2. The Kier molecular flexibility index (Phi) is 4.46. The van der Waals surface area contributed by atoms with Crippen molar-refractivity contribution in [3.63, 3.8) is 0 Å². The molecule has 0 aromatic carbocycles. The van der Waals surface area contributed by atoms with Crippen LogP contribution in [0, 0.1) is 46.3 Å². The molecule has 0 radical (unpaired) electrons. The zero-order chi connectivity index (χ0) is 20.9. The Labute approximate surface area is 184 Å². The van der Waals surface area contributed by atoms with Gasteiger partial charge in [-0.2, -0.15) is 0 Å². The highest BCUT2D eigenvalue weighted by atomic mass is 16.5. The second-order valence-corrected chi connectivity index (χ2v) is 13.2. The van der Waals surface area contributed by atoms with Crippen molar-refractivity contribution in [1.29, 1.82) is 0 Å². The maximum Gasteiger partial charge on any atom is 0.0715 e. The lowest BCUT2D eigenvalue weighted by Crippen LogP contribution is -2.52. The van der Waals surface area contributed by atoms with Gasteiger partial charge < -0.3 is 9.84 Å². The molecule has 5 aliphatic carbocycles. The van der Waals surface area contributed by atoms with Gasteiger partial charge in [0.25, 0.3) is 0 Å². The van der Waals surface area contributed by atoms with Gasteiger partial charge in [-0.1, -0.05) is 39.3 Å². The van der Waals surface area contributed by atoms with E-state index < -0.39 is 0 Å². The summed E-state index contributed by atoms with van der Waals surface area (Å²) in [6, 6.07) is 0. The van der Waals surface area contributed by atoms with Gasteiger partial charge in [0.1, 0.15) is 0 Å². The fourth-order valence-electron chi connectivity index (χ4n) is 10.2. The van der Waals surface area contributed by atoms with Crippen molar-refractivity contribution in [2.24, 2.45) is 46.3 Å². The first-order valence-corrected chi connectivity index (χ1v) is 13.3. The zero-order valence-electron chi connectivity index (χ0n) is 19.8. The first-order chi connectivity index (χ1) is 14.3. The van der Waals surface area contributed by atoms with Crippen LogP contribution in [0.2, 0.25) is 0 Å². The summed E-state index contributed by atoms with van der Waals surface area (Å²) >= 11 is 0. The molecule has 168 valence electrons. The van der Waals surface area contributed by atoms with Crippen LogP contribution in [-0.2, 0) is 4.74 Å². The van der Waals surface area contributed by atoms with E-state index in [1.165, 1.54) is 57.8 Å². The topological polar surface area (TPSA) is 29.5 Å². The first kappa shape index (κ1) is 20.3. The maximum absolute atomic E-state index is 10.3. The molecule has 1 aliphatic heterocycles. The summed E-state index contributed by atoms with van der Waals surface area (Å²) in [7, 11) is 0. The number of aliphatic hydroxyl groups is 1. The number of allylic oxidation sites excluding steroid dienone is 1. The van der Waals surface area contributed by atoms with Crippen molar-refractivity contribution < 1.29 is 9.84 Å². The Balaban J connectivity index is 1.28. The summed E-state index contributed by atoms with van der Waals surface area (Å²) in [5, 5.41) is 10.3. The molecule has 0 amide bonds. The summed E-state index contributed by atoms with van der Waals surface area (Å²) in [6.45, 7) is 10.2. The van der Waals surface area contributed by atoms with Crippen molar-refractivity contribution in [1.82, 2.24) is 0 Å². The van der Waals surface area contributed by atoms with E-state index in [-0.39, 0.29) is 11.7 Å². The van der Waals surface area contributed by atoms with Gasteiger partial charge in [0.05, 0.1) is 17.8 Å². The molecule has 2 nitrogen and oxygen atoms in total. The van der Waals surface area contributed by atoms with Gasteiger partial charge in [0.2, 0.25) is 0 Å². The number of ether oxygens (including phenoxy) is 1. The van der Waals surface area contributed by atoms with Crippen LogP contribution < -0.4 is 0 Å². The van der Waals surface area contributed by atoms with Gasteiger partial charge in [-0.05, 0) is 117 Å². The molecule has 1 N–H and O–H groups in total. The Morgan fingerprint density at radius 3 is 2.50 bits per heavy atom. The van der Waals surface area contributed by atoms with Crippen molar-refractivity contribution in [3.05, 3.63) is 11.6 Å². The third kappa shape index (κ3) is 2.56. The minimum Gasteiger partial charge on any atom is -0.393 e. The smallest absolute Gasteiger partial charge is 0.0715 e. The molecule has 0 bridgehead atoms. The summed E-state index contributed by atoms with van der Waals surface area (Å²) in [5.41, 5.74) is 2.64. The van der Waals surface area contributed by atoms with E-state index in [4.69, 9.17) is 4.74 Å². The maximum atomic E-state index is 10.3. The zero-order valence-corrected chi connectivity index (χ0v) is 19.8. The molecule has 1 spiro atoms. The lowest BCUT2D eigenvalue weighted by Gasteiger charge is -2.58. The summed E-state index contributed by atoms with van der Waals surface area (Å²) in [5.74, 6) is 4.93. The molecule has 0 unspecified atom stereocenters. The monoisotopic (exact) mass is 412 g/mol. The molecule has 1 saturated heterocycles. The largest absolute Gasteiger partial charge is 0.393 e. The fraction of sp³-hybridized carbons (Fsp3) is 0.929. The van der Waals surface area contributed by atoms with Crippen molar-refractivity contribution >= 4 is 0 Å². The number of hydrogen-bond acceptors (Lipinski definition) is 2. The molecule has 9 atom stereocenters. The van der Waals surface area contributed by atoms with Gasteiger partial charge in [-0.25, -0.2) is 0 Å². The molecule has 5 fully saturated rings. The van der Waals surface area contributed by atoms with Crippen LogP contribution in [0.4, 0.5) is 0 Å². The Morgan fingerprint density at radius 1 is 0.967 bits per heavy atom. The van der Waals surface area contributed by atoms with E-state index in [1.807, 2.05) is 0 Å². The standard InChI is InChI=1S/C28H44O2/c1-17-7-13-28(14-8-17)18(2)25-24(30-28)16-23-21-6-5-19-15-20(29)9-11-26(19,3)22(21)10-12-27(23,25)4/h5,17-18,20-25,29H,6-16H2,1-4H3/t17?,18-,20-,21+,22-,23-,24-,25-,26-,27-,28?/m0/s1. The summed E-state index contributed by atoms with van der Waals surface area (Å²) in [4.78, 5) is 0. The molecule has 6 rings (SSSR count). The third-order valence-electron chi connectivity index (χ3n) is 12.0. The molecule has 4 saturated carbocycles. The van der Waals surface area contributed by atoms with Crippen molar-refractivity contribution in [3.8, 4) is 0 Å². The highest BCUT2D eigenvalue weighted by molar-refractivity contribution is 5.26. The van der Waals surface area contributed by atoms with Crippen LogP contribution >= 0.6 is 0 Å². The average Bonchev–Trinajstić information content (AvgIpc) is 3.16. The van der Waals surface area contributed by atoms with Crippen LogP contribution in [0.25, 0.3) is 0 Å². The van der Waals surface area contributed by atoms with Crippen molar-refractivity contribution in [2.75, 3.05) is 0 Å². The SMILES string of the molecule is CC1CCC2(CC1)O[C@H]1C[C@H]3[C@@H]4CC=C5C[C@@H](O)CC[C@]5(C)[C@H]4CC[C@]3(C)[C@H]1[C@@H]2C. The lowest BCUT2D eigenvalue weighted by molar-refractivity contribution is -0.101. The molecule has 0 aromatic heterocycles. The van der Waals surface area contributed by atoms with Gasteiger partial charge in [0, 0.05) is 0 Å². The molecule has 1 heterocycles. The number of rotatable bonds is 0. The van der Waals surface area contributed by atoms with Crippen molar-refractivity contribution in [2.45, 2.75) is 116 Å². The van der Waals surface area contributed by atoms with Crippen LogP contribution in [0.15, 0.2) is 11.6 Å². The van der Waals surface area contributed by atoms with Crippen LogP contribution in [0.3, 0.4) is 0 Å². The fourth-order valence-corrected chi connectivity index (χ4v) is 10.2. The molecule has 2 heteroatoms. The first-order valence-electron chi connectivity index (χ1n) is 13.3. The highest BCUT2D eigenvalue weighted by Gasteiger charge is 2.67. The van der Waals surface area contributed by atoms with Gasteiger partial charge in [-0.3, -0.25) is 0 Å². The molecular weight excluding hydrogens is 368 g/mol. The lowest BCUT2D eigenvalue weighted by atomic mass is 9.46. The Bertz CT molecular complexity index is 733. The number of fused-ring (bicyclic) bond motifs is 7. The number of hydrogen-bond donors (Lipinski definition) is 1. The highest BCUT2D eigenvalue weighted by Crippen LogP contribution is 2.71. The van der Waals surface area contributed by atoms with E-state index in [0.29, 0.717) is 16.9 Å². The molecule has 6 aliphatic rings. The van der Waals surface area contributed by atoms with E-state index in [0.717, 1.165) is 48.3 Å². The minimum absolute atomic E-state index is 0.0933. The number of aliphatic hydroxyl groups excluding tert-OH is 1. The van der Waals surface area contributed by atoms with Gasteiger partial charge in [-0.15, -0.1) is 0 Å². The van der Waals surface area contributed by atoms with Crippen LogP contribution in [0.5, 0.6) is 0 Å². The van der Waals surface area contributed by atoms with Gasteiger partial charge >= 0.3 is 0 Å². The van der Waals surface area contributed by atoms with E-state index in [2.05, 4.69) is 33.8 Å². The Morgan fingerprint density at radius 2 is 1.73 bits per heavy atom. The Hall–Kier alpha value is -0.340. The third-order valence-corrected chi connectivity index (χ3v) is 12.0.